The third kappa shape index (κ3) is 4.49. The minimum absolute atomic E-state index is 0.0399. The number of benzene rings is 1. The second-order valence-electron chi connectivity index (χ2n) is 4.19. The molecule has 0 aliphatic heterocycles. The van der Waals surface area contributed by atoms with E-state index < -0.39 is 12.5 Å². The quantitative estimate of drug-likeness (QED) is 0.848. The highest BCUT2D eigenvalue weighted by atomic mass is 19.3. The number of aromatic nitrogens is 2. The summed E-state index contributed by atoms with van der Waals surface area (Å²) in [6.45, 7) is 5.86. The molecule has 0 saturated carbocycles. The number of rotatable bonds is 4. The number of nitrogens with zero attached hydrogens (tertiary/aromatic N) is 2. The van der Waals surface area contributed by atoms with Crippen molar-refractivity contribution in [1.82, 2.24) is 10.1 Å². The highest BCUT2D eigenvalue weighted by Gasteiger charge is 2.21. The number of alkyl halides is 2. The van der Waals surface area contributed by atoms with E-state index in [0.29, 0.717) is 11.3 Å². The topological polar surface area (TPSA) is 85.2 Å². The highest BCUT2D eigenvalue weighted by molar-refractivity contribution is 5.63. The molecule has 5 nitrogen and oxygen atoms in total. The van der Waals surface area contributed by atoms with Crippen molar-refractivity contribution < 1.29 is 18.4 Å². The number of halogens is 2. The van der Waals surface area contributed by atoms with E-state index in [9.17, 15) is 8.78 Å². The zero-order chi connectivity index (χ0) is 16.0. The third-order valence-corrected chi connectivity index (χ3v) is 2.68. The molecule has 0 bridgehead atoms. The Hall–Kier alpha value is -2.02. The fourth-order valence-electron chi connectivity index (χ4n) is 1.50. The lowest BCUT2D eigenvalue weighted by atomic mass is 10.1. The van der Waals surface area contributed by atoms with Crippen LogP contribution < -0.4 is 5.73 Å². The van der Waals surface area contributed by atoms with Gasteiger partial charge in [-0.1, -0.05) is 31.1 Å². The van der Waals surface area contributed by atoms with Gasteiger partial charge >= 0.3 is 0 Å². The largest absolute Gasteiger partial charge is 0.398 e. The summed E-state index contributed by atoms with van der Waals surface area (Å²) in [4.78, 5) is 3.95. The molecule has 7 heteroatoms. The Balaban J connectivity index is 0.00000106. The first kappa shape index (κ1) is 17.0. The van der Waals surface area contributed by atoms with Gasteiger partial charge in [-0.25, -0.2) is 8.78 Å². The number of nitrogens with two attached hydrogens (primary N) is 1. The van der Waals surface area contributed by atoms with Crippen LogP contribution >= 0.6 is 0 Å². The average Bonchev–Trinajstić information content (AvgIpc) is 2.92. The Morgan fingerprint density at radius 3 is 2.57 bits per heavy atom. The summed E-state index contributed by atoms with van der Waals surface area (Å²) < 4.78 is 29.2. The summed E-state index contributed by atoms with van der Waals surface area (Å²) in [5, 5.41) is 12.7. The third-order valence-electron chi connectivity index (χ3n) is 2.68. The summed E-state index contributed by atoms with van der Waals surface area (Å²) in [7, 11) is 0. The Morgan fingerprint density at radius 1 is 1.33 bits per heavy atom. The SMILES string of the molecule is CC.Cc1ccc(-c2noc(CC(O)C(F)F)n2)cc1N. The molecule has 0 saturated heterocycles. The van der Waals surface area contributed by atoms with Crippen molar-refractivity contribution in [3.05, 3.63) is 29.7 Å². The predicted molar refractivity (Wildman–Crippen MR) is 75.9 cm³/mol. The maximum absolute atomic E-state index is 12.2. The number of aryl methyl sites for hydroxylation is 1. The van der Waals surface area contributed by atoms with Crippen LogP contribution in [0.1, 0.15) is 25.3 Å². The van der Waals surface area contributed by atoms with E-state index >= 15 is 0 Å². The summed E-state index contributed by atoms with van der Waals surface area (Å²) in [5.41, 5.74) is 7.89. The fraction of sp³-hybridized carbons (Fsp3) is 0.429. The van der Waals surface area contributed by atoms with Crippen LogP contribution in [0.4, 0.5) is 14.5 Å². The highest BCUT2D eigenvalue weighted by Crippen LogP contribution is 2.21. The van der Waals surface area contributed by atoms with Crippen LogP contribution in [0.25, 0.3) is 11.4 Å². The molecule has 1 heterocycles. The minimum atomic E-state index is -2.84. The Kier molecular flexibility index (Phi) is 6.23. The standard InChI is InChI=1S/C12H13F2N3O2.C2H6/c1-6-2-3-7(4-8(6)15)12-16-10(19-17-12)5-9(18)11(13)14;1-2/h2-4,9,11,18H,5,15H2,1H3;1-2H3. The maximum atomic E-state index is 12.2. The molecule has 0 aliphatic carbocycles. The number of hydrogen-bond acceptors (Lipinski definition) is 5. The van der Waals surface area contributed by atoms with Crippen molar-refractivity contribution in [3.63, 3.8) is 0 Å². The lowest BCUT2D eigenvalue weighted by molar-refractivity contribution is -0.00754. The molecule has 1 aromatic heterocycles. The second kappa shape index (κ2) is 7.68. The van der Waals surface area contributed by atoms with Gasteiger partial charge in [0, 0.05) is 11.3 Å². The van der Waals surface area contributed by atoms with E-state index in [1.54, 1.807) is 18.2 Å². The summed E-state index contributed by atoms with van der Waals surface area (Å²) in [6.07, 6.45) is -5.03. The van der Waals surface area contributed by atoms with Gasteiger partial charge < -0.3 is 15.4 Å². The Labute approximate surface area is 121 Å². The van der Waals surface area contributed by atoms with Crippen LogP contribution in [0.5, 0.6) is 0 Å². The molecule has 1 unspecified atom stereocenters. The molecule has 0 spiro atoms. The molecule has 0 aliphatic rings. The van der Waals surface area contributed by atoms with Gasteiger partial charge in [0.1, 0.15) is 6.10 Å². The molecule has 2 aromatic rings. The van der Waals surface area contributed by atoms with E-state index in [0.717, 1.165) is 5.56 Å². The van der Waals surface area contributed by atoms with Gasteiger partial charge in [-0.3, -0.25) is 0 Å². The monoisotopic (exact) mass is 299 g/mol. The van der Waals surface area contributed by atoms with Gasteiger partial charge in [0.15, 0.2) is 0 Å². The molecular formula is C14H19F2N3O2. The van der Waals surface area contributed by atoms with Crippen LogP contribution in [-0.2, 0) is 6.42 Å². The van der Waals surface area contributed by atoms with Gasteiger partial charge in [-0.2, -0.15) is 4.98 Å². The average molecular weight is 299 g/mol. The van der Waals surface area contributed by atoms with Crippen LogP contribution in [0, 0.1) is 6.92 Å². The number of aliphatic hydroxyl groups is 1. The lowest BCUT2D eigenvalue weighted by Crippen LogP contribution is -2.20. The molecule has 0 radical (unpaired) electrons. The Bertz CT molecular complexity index is 573. The van der Waals surface area contributed by atoms with Crippen LogP contribution in [0.2, 0.25) is 0 Å². The summed E-state index contributed by atoms with van der Waals surface area (Å²) >= 11 is 0. The van der Waals surface area contributed by atoms with Crippen molar-refractivity contribution in [2.45, 2.75) is 39.7 Å². The van der Waals surface area contributed by atoms with Crippen molar-refractivity contribution in [3.8, 4) is 11.4 Å². The number of nitrogen functional groups attached to an aromatic ring is 1. The molecule has 0 fully saturated rings. The fourth-order valence-corrected chi connectivity index (χ4v) is 1.50. The van der Waals surface area contributed by atoms with Crippen LogP contribution in [0.3, 0.4) is 0 Å². The van der Waals surface area contributed by atoms with E-state index in [-0.39, 0.29) is 18.1 Å². The maximum Gasteiger partial charge on any atom is 0.264 e. The van der Waals surface area contributed by atoms with Gasteiger partial charge in [0.05, 0.1) is 6.42 Å². The van der Waals surface area contributed by atoms with Crippen molar-refractivity contribution >= 4 is 5.69 Å². The van der Waals surface area contributed by atoms with Gasteiger partial charge in [-0.15, -0.1) is 0 Å². The van der Waals surface area contributed by atoms with Gasteiger partial charge in [-0.05, 0) is 18.6 Å². The lowest BCUT2D eigenvalue weighted by Gasteiger charge is -2.04. The van der Waals surface area contributed by atoms with Gasteiger partial charge in [0.2, 0.25) is 11.7 Å². The zero-order valence-corrected chi connectivity index (χ0v) is 12.2. The van der Waals surface area contributed by atoms with E-state index in [4.69, 9.17) is 15.4 Å². The molecule has 1 aromatic carbocycles. The first-order valence-electron chi connectivity index (χ1n) is 6.62. The normalized spacial score (nSPS) is 12.0. The smallest absolute Gasteiger partial charge is 0.264 e. The summed E-state index contributed by atoms with van der Waals surface area (Å²) in [6, 6.07) is 5.23. The molecule has 3 N–H and O–H groups in total. The second-order valence-corrected chi connectivity index (χ2v) is 4.19. The Morgan fingerprint density at radius 2 is 2.00 bits per heavy atom. The van der Waals surface area contributed by atoms with Crippen molar-refractivity contribution in [1.29, 1.82) is 0 Å². The minimum Gasteiger partial charge on any atom is -0.398 e. The van der Waals surface area contributed by atoms with Crippen molar-refractivity contribution in [2.75, 3.05) is 5.73 Å². The van der Waals surface area contributed by atoms with Crippen LogP contribution in [0.15, 0.2) is 22.7 Å². The first-order chi connectivity index (χ1) is 9.97. The number of hydrogen-bond donors (Lipinski definition) is 2. The first-order valence-corrected chi connectivity index (χ1v) is 6.62. The summed E-state index contributed by atoms with van der Waals surface area (Å²) in [5.74, 6) is 0.213. The molecule has 21 heavy (non-hydrogen) atoms. The molecule has 2 rings (SSSR count). The molecule has 1 atom stereocenters. The predicted octanol–water partition coefficient (Wildman–Crippen LogP) is 2.82. The molecular weight excluding hydrogens is 280 g/mol. The molecule has 0 amide bonds. The van der Waals surface area contributed by atoms with Gasteiger partial charge in [0.25, 0.3) is 6.43 Å². The van der Waals surface area contributed by atoms with E-state index in [1.807, 2.05) is 20.8 Å². The van der Waals surface area contributed by atoms with E-state index in [1.165, 1.54) is 0 Å². The van der Waals surface area contributed by atoms with Crippen molar-refractivity contribution in [2.24, 2.45) is 0 Å². The van der Waals surface area contributed by atoms with Crippen LogP contribution in [-0.4, -0.2) is 27.8 Å². The number of aliphatic hydroxyl groups excluding tert-OH is 1. The molecule has 116 valence electrons. The van der Waals surface area contributed by atoms with E-state index in [2.05, 4.69) is 10.1 Å². The number of anilines is 1. The zero-order valence-electron chi connectivity index (χ0n) is 12.2.